The largest absolute Gasteiger partial charge is 0.465 e. The molecular formula is C20H26N6O2. The van der Waals surface area contributed by atoms with Crippen LogP contribution < -0.4 is 10.6 Å². The van der Waals surface area contributed by atoms with E-state index in [0.29, 0.717) is 6.54 Å². The molecule has 3 rings (SSSR count). The molecule has 28 heavy (non-hydrogen) atoms. The predicted octanol–water partition coefficient (Wildman–Crippen LogP) is 3.16. The van der Waals surface area contributed by atoms with E-state index in [1.54, 1.807) is 17.2 Å². The molecule has 1 unspecified atom stereocenters. The Bertz CT molecular complexity index is 917. The number of nitrogens with one attached hydrogen (secondary N) is 2. The second kappa shape index (κ2) is 8.71. The number of carbonyl (C=O) groups excluding carboxylic acids is 1. The minimum Gasteiger partial charge on any atom is -0.465 e. The van der Waals surface area contributed by atoms with E-state index in [4.69, 9.17) is 4.42 Å². The van der Waals surface area contributed by atoms with E-state index in [1.807, 2.05) is 56.3 Å². The molecule has 0 aliphatic carbocycles. The van der Waals surface area contributed by atoms with Crippen LogP contribution in [0.15, 0.2) is 47.4 Å². The number of anilines is 1. The minimum absolute atomic E-state index is 0.0477. The number of aromatic nitrogens is 3. The Balaban J connectivity index is 1.69. The van der Waals surface area contributed by atoms with Gasteiger partial charge < -0.3 is 15.1 Å². The van der Waals surface area contributed by atoms with Gasteiger partial charge in [0.05, 0.1) is 11.7 Å². The van der Waals surface area contributed by atoms with Gasteiger partial charge in [-0.25, -0.2) is 4.79 Å². The van der Waals surface area contributed by atoms with Gasteiger partial charge in [0.2, 0.25) is 0 Å². The third-order valence-electron chi connectivity index (χ3n) is 4.61. The van der Waals surface area contributed by atoms with Gasteiger partial charge in [-0.05, 0) is 57.3 Å². The summed E-state index contributed by atoms with van der Waals surface area (Å²) >= 11 is 0. The van der Waals surface area contributed by atoms with Crippen LogP contribution in [0, 0.1) is 6.92 Å². The molecule has 0 spiro atoms. The fourth-order valence-corrected chi connectivity index (χ4v) is 3.01. The molecule has 1 atom stereocenters. The van der Waals surface area contributed by atoms with Gasteiger partial charge in [0.15, 0.2) is 0 Å². The smallest absolute Gasteiger partial charge is 0.319 e. The number of benzene rings is 1. The number of rotatable bonds is 7. The Labute approximate surface area is 164 Å². The van der Waals surface area contributed by atoms with Crippen LogP contribution in [0.2, 0.25) is 0 Å². The molecule has 2 aromatic heterocycles. The summed E-state index contributed by atoms with van der Waals surface area (Å²) < 4.78 is 7.52. The molecule has 0 aliphatic heterocycles. The zero-order valence-electron chi connectivity index (χ0n) is 16.6. The number of hydrogen-bond acceptors (Lipinski definition) is 5. The van der Waals surface area contributed by atoms with E-state index < -0.39 is 0 Å². The highest BCUT2D eigenvalue weighted by Crippen LogP contribution is 2.22. The predicted molar refractivity (Wildman–Crippen MR) is 108 cm³/mol. The van der Waals surface area contributed by atoms with Crippen LogP contribution >= 0.6 is 0 Å². The highest BCUT2D eigenvalue weighted by molar-refractivity contribution is 5.90. The highest BCUT2D eigenvalue weighted by Gasteiger charge is 2.19. The number of carbonyl (C=O) groups is 1. The van der Waals surface area contributed by atoms with Crippen molar-refractivity contribution < 1.29 is 9.21 Å². The Morgan fingerprint density at radius 1 is 1.21 bits per heavy atom. The van der Waals surface area contributed by atoms with E-state index in [1.165, 1.54) is 0 Å². The molecule has 2 N–H and O–H groups in total. The second-order valence-electron chi connectivity index (χ2n) is 6.83. The minimum atomic E-state index is -0.259. The molecule has 0 aliphatic rings. The SMILES string of the molecule is CCc1ccc(-n2cnnc2)cc1NC(=O)NCC(c1ccc(C)o1)N(C)C. The van der Waals surface area contributed by atoms with E-state index in [0.717, 1.165) is 34.9 Å². The van der Waals surface area contributed by atoms with Crippen molar-refractivity contribution in [2.75, 3.05) is 26.0 Å². The van der Waals surface area contributed by atoms with Gasteiger partial charge in [-0.1, -0.05) is 13.0 Å². The summed E-state index contributed by atoms with van der Waals surface area (Å²) in [5.41, 5.74) is 2.70. The number of aryl methyl sites for hydroxylation is 2. The Morgan fingerprint density at radius 3 is 2.57 bits per heavy atom. The Morgan fingerprint density at radius 2 is 1.96 bits per heavy atom. The average molecular weight is 382 g/mol. The summed E-state index contributed by atoms with van der Waals surface area (Å²) in [5, 5.41) is 13.6. The molecule has 2 amide bonds. The van der Waals surface area contributed by atoms with Crippen LogP contribution in [0.3, 0.4) is 0 Å². The lowest BCUT2D eigenvalue weighted by molar-refractivity contribution is 0.232. The van der Waals surface area contributed by atoms with E-state index >= 15 is 0 Å². The van der Waals surface area contributed by atoms with Crippen molar-refractivity contribution >= 4 is 11.7 Å². The van der Waals surface area contributed by atoms with Gasteiger partial charge >= 0.3 is 6.03 Å². The number of urea groups is 1. The van der Waals surface area contributed by atoms with Crippen molar-refractivity contribution in [3.63, 3.8) is 0 Å². The van der Waals surface area contributed by atoms with E-state index in [2.05, 4.69) is 27.8 Å². The van der Waals surface area contributed by atoms with Crippen LogP contribution in [0.25, 0.3) is 5.69 Å². The van der Waals surface area contributed by atoms with Crippen LogP contribution in [0.5, 0.6) is 0 Å². The zero-order valence-corrected chi connectivity index (χ0v) is 16.6. The van der Waals surface area contributed by atoms with Crippen LogP contribution in [0.1, 0.15) is 30.0 Å². The molecule has 1 aromatic carbocycles. The quantitative estimate of drug-likeness (QED) is 0.655. The molecule has 0 saturated heterocycles. The van der Waals surface area contributed by atoms with Gasteiger partial charge in [-0.15, -0.1) is 10.2 Å². The lowest BCUT2D eigenvalue weighted by Crippen LogP contribution is -2.37. The summed E-state index contributed by atoms with van der Waals surface area (Å²) in [5.74, 6) is 1.68. The maximum atomic E-state index is 12.5. The molecule has 0 saturated carbocycles. The first-order valence-corrected chi connectivity index (χ1v) is 9.23. The van der Waals surface area contributed by atoms with Gasteiger partial charge in [-0.3, -0.25) is 9.47 Å². The van der Waals surface area contributed by atoms with Gasteiger partial charge in [0.1, 0.15) is 24.2 Å². The average Bonchev–Trinajstić information content (AvgIpc) is 3.33. The molecule has 3 aromatic rings. The standard InChI is InChI=1S/C20H26N6O2/c1-5-15-7-8-16(26-12-22-23-13-26)10-17(15)24-20(27)21-11-18(25(3)4)19-9-6-14(2)28-19/h6-10,12-13,18H,5,11H2,1-4H3,(H2,21,24,27). The maximum Gasteiger partial charge on any atom is 0.319 e. The monoisotopic (exact) mass is 382 g/mol. The number of furan rings is 1. The lowest BCUT2D eigenvalue weighted by Gasteiger charge is -2.23. The first-order chi connectivity index (χ1) is 13.5. The first kappa shape index (κ1) is 19.6. The lowest BCUT2D eigenvalue weighted by atomic mass is 10.1. The van der Waals surface area contributed by atoms with Crippen LogP contribution in [0.4, 0.5) is 10.5 Å². The summed E-state index contributed by atoms with van der Waals surface area (Å²) in [4.78, 5) is 14.6. The van der Waals surface area contributed by atoms with Crippen molar-refractivity contribution in [3.8, 4) is 5.69 Å². The fourth-order valence-electron chi connectivity index (χ4n) is 3.01. The number of amides is 2. The maximum absolute atomic E-state index is 12.5. The third-order valence-corrected chi connectivity index (χ3v) is 4.61. The zero-order chi connectivity index (χ0) is 20.1. The number of likely N-dealkylation sites (N-methyl/N-ethyl adjacent to an activating group) is 1. The summed E-state index contributed by atoms with van der Waals surface area (Å²) in [6, 6.07) is 9.46. The molecular weight excluding hydrogens is 356 g/mol. The van der Waals surface area contributed by atoms with Gasteiger partial charge in [0.25, 0.3) is 0 Å². The fraction of sp³-hybridized carbons (Fsp3) is 0.350. The summed E-state index contributed by atoms with van der Waals surface area (Å²) in [7, 11) is 3.92. The molecule has 0 radical (unpaired) electrons. The van der Waals surface area contributed by atoms with Crippen molar-refractivity contribution in [1.82, 2.24) is 25.0 Å². The molecule has 2 heterocycles. The second-order valence-corrected chi connectivity index (χ2v) is 6.83. The highest BCUT2D eigenvalue weighted by atomic mass is 16.3. The first-order valence-electron chi connectivity index (χ1n) is 9.23. The normalized spacial score (nSPS) is 12.2. The molecule has 8 nitrogen and oxygen atoms in total. The van der Waals surface area contributed by atoms with Crippen molar-refractivity contribution in [3.05, 3.63) is 60.1 Å². The Hall–Kier alpha value is -3.13. The molecule has 148 valence electrons. The van der Waals surface area contributed by atoms with Crippen LogP contribution in [-0.4, -0.2) is 46.3 Å². The van der Waals surface area contributed by atoms with Crippen molar-refractivity contribution in [1.29, 1.82) is 0 Å². The summed E-state index contributed by atoms with van der Waals surface area (Å²) in [6.07, 6.45) is 4.06. The summed E-state index contributed by atoms with van der Waals surface area (Å²) in [6.45, 7) is 4.39. The number of hydrogen-bond donors (Lipinski definition) is 2. The van der Waals surface area contributed by atoms with Crippen LogP contribution in [-0.2, 0) is 6.42 Å². The van der Waals surface area contributed by atoms with E-state index in [-0.39, 0.29) is 12.1 Å². The molecule has 0 fully saturated rings. The third kappa shape index (κ3) is 4.58. The van der Waals surface area contributed by atoms with E-state index in [9.17, 15) is 4.79 Å². The topological polar surface area (TPSA) is 88.2 Å². The van der Waals surface area contributed by atoms with Crippen molar-refractivity contribution in [2.45, 2.75) is 26.3 Å². The van der Waals surface area contributed by atoms with Gasteiger partial charge in [-0.2, -0.15) is 0 Å². The molecule has 0 bridgehead atoms. The van der Waals surface area contributed by atoms with Crippen molar-refractivity contribution in [2.24, 2.45) is 0 Å². The Kier molecular flexibility index (Phi) is 6.10. The number of nitrogens with zero attached hydrogens (tertiary/aromatic N) is 4. The van der Waals surface area contributed by atoms with Gasteiger partial charge in [0, 0.05) is 12.2 Å². The molecule has 8 heteroatoms.